The number of fused-ring (bicyclic) bond motifs is 1. The quantitative estimate of drug-likeness (QED) is 0.596. The summed E-state index contributed by atoms with van der Waals surface area (Å²) in [6.07, 6.45) is 0. The van der Waals surface area contributed by atoms with Crippen LogP contribution < -0.4 is 0 Å². The van der Waals surface area contributed by atoms with Crippen LogP contribution in [-0.4, -0.2) is 21.3 Å². The zero-order chi connectivity index (χ0) is 17.1. The largest absolute Gasteiger partial charge is 0.395 e. The van der Waals surface area contributed by atoms with E-state index in [-0.39, 0.29) is 12.5 Å². The van der Waals surface area contributed by atoms with Crippen molar-refractivity contribution in [3.63, 3.8) is 0 Å². The maximum atomic E-state index is 9.60. The maximum absolute atomic E-state index is 9.60. The summed E-state index contributed by atoms with van der Waals surface area (Å²) in [7, 11) is 0. The summed E-state index contributed by atoms with van der Waals surface area (Å²) >= 11 is 0. The Bertz CT molecular complexity index is 922. The van der Waals surface area contributed by atoms with Crippen molar-refractivity contribution >= 4 is 11.0 Å². The number of hydrogen-bond donors (Lipinski definition) is 1. The minimum atomic E-state index is 0.0290. The lowest BCUT2D eigenvalue weighted by Gasteiger charge is -2.19. The van der Waals surface area contributed by atoms with E-state index in [1.54, 1.807) is 0 Å². The number of rotatable bonds is 5. The Morgan fingerprint density at radius 2 is 1.32 bits per heavy atom. The molecule has 3 heteroatoms. The molecule has 3 aromatic carbocycles. The van der Waals surface area contributed by atoms with Crippen molar-refractivity contribution in [2.45, 2.75) is 12.5 Å². The average Bonchev–Trinajstić information content (AvgIpc) is 3.02. The number of para-hydroxylation sites is 2. The monoisotopic (exact) mass is 328 g/mol. The SMILES string of the molecule is OCCn1c(C(c2ccccc2)c2ccccc2)nc2ccccc21. The Morgan fingerprint density at radius 3 is 1.92 bits per heavy atom. The number of aliphatic hydroxyl groups excluding tert-OH is 1. The van der Waals surface area contributed by atoms with Crippen LogP contribution >= 0.6 is 0 Å². The second-order valence-electron chi connectivity index (χ2n) is 6.09. The molecule has 0 atom stereocenters. The van der Waals surface area contributed by atoms with Crippen molar-refractivity contribution in [1.82, 2.24) is 9.55 Å². The molecule has 1 aromatic heterocycles. The van der Waals surface area contributed by atoms with Crippen LogP contribution in [0.3, 0.4) is 0 Å². The van der Waals surface area contributed by atoms with Crippen LogP contribution in [-0.2, 0) is 6.54 Å². The molecule has 0 saturated carbocycles. The van der Waals surface area contributed by atoms with E-state index in [4.69, 9.17) is 4.98 Å². The molecule has 0 aliphatic rings. The molecule has 124 valence electrons. The molecule has 0 spiro atoms. The van der Waals surface area contributed by atoms with E-state index >= 15 is 0 Å². The lowest BCUT2D eigenvalue weighted by Crippen LogP contribution is -2.13. The fourth-order valence-corrected chi connectivity index (χ4v) is 3.43. The second kappa shape index (κ2) is 6.91. The molecule has 0 unspecified atom stereocenters. The van der Waals surface area contributed by atoms with E-state index in [0.29, 0.717) is 6.54 Å². The molecule has 0 aliphatic carbocycles. The zero-order valence-corrected chi connectivity index (χ0v) is 13.9. The van der Waals surface area contributed by atoms with E-state index in [1.165, 1.54) is 11.1 Å². The smallest absolute Gasteiger partial charge is 0.121 e. The Balaban J connectivity index is 1.97. The first-order valence-electron chi connectivity index (χ1n) is 8.54. The summed E-state index contributed by atoms with van der Waals surface area (Å²) < 4.78 is 2.14. The molecule has 4 rings (SSSR count). The Kier molecular flexibility index (Phi) is 4.32. The van der Waals surface area contributed by atoms with Gasteiger partial charge in [-0.1, -0.05) is 72.8 Å². The summed E-state index contributed by atoms with van der Waals surface area (Å²) in [4.78, 5) is 4.94. The minimum Gasteiger partial charge on any atom is -0.395 e. The van der Waals surface area contributed by atoms with Crippen LogP contribution in [0.4, 0.5) is 0 Å². The van der Waals surface area contributed by atoms with Crippen LogP contribution in [0.1, 0.15) is 22.9 Å². The van der Waals surface area contributed by atoms with Crippen molar-refractivity contribution in [3.8, 4) is 0 Å². The number of aromatic nitrogens is 2. The Morgan fingerprint density at radius 1 is 0.760 bits per heavy atom. The van der Waals surface area contributed by atoms with Crippen molar-refractivity contribution in [3.05, 3.63) is 102 Å². The molecule has 25 heavy (non-hydrogen) atoms. The van der Waals surface area contributed by atoms with Gasteiger partial charge < -0.3 is 9.67 Å². The molecule has 0 saturated heterocycles. The van der Waals surface area contributed by atoms with Gasteiger partial charge in [-0.2, -0.15) is 0 Å². The normalized spacial score (nSPS) is 11.3. The van der Waals surface area contributed by atoms with Crippen molar-refractivity contribution < 1.29 is 5.11 Å². The first-order chi connectivity index (χ1) is 12.4. The minimum absolute atomic E-state index is 0.0290. The molecular weight excluding hydrogens is 308 g/mol. The van der Waals surface area contributed by atoms with E-state index in [1.807, 2.05) is 30.3 Å². The molecule has 0 bridgehead atoms. The fourth-order valence-electron chi connectivity index (χ4n) is 3.43. The molecule has 4 aromatic rings. The fraction of sp³-hybridized carbons (Fsp3) is 0.136. The predicted molar refractivity (Wildman–Crippen MR) is 101 cm³/mol. The number of hydrogen-bond acceptors (Lipinski definition) is 2. The number of aliphatic hydroxyl groups is 1. The van der Waals surface area contributed by atoms with Crippen molar-refractivity contribution in [2.24, 2.45) is 0 Å². The second-order valence-corrected chi connectivity index (χ2v) is 6.09. The van der Waals surface area contributed by atoms with Gasteiger partial charge in [0.2, 0.25) is 0 Å². The Labute approximate surface area is 147 Å². The van der Waals surface area contributed by atoms with Gasteiger partial charge in [-0.15, -0.1) is 0 Å². The van der Waals surface area contributed by atoms with Gasteiger partial charge in [-0.25, -0.2) is 4.98 Å². The van der Waals surface area contributed by atoms with E-state index in [9.17, 15) is 5.11 Å². The van der Waals surface area contributed by atoms with Gasteiger partial charge in [0.15, 0.2) is 0 Å². The maximum Gasteiger partial charge on any atom is 0.121 e. The number of nitrogens with zero attached hydrogens (tertiary/aromatic N) is 2. The van der Waals surface area contributed by atoms with Crippen LogP contribution in [0.15, 0.2) is 84.9 Å². The molecule has 1 heterocycles. The summed E-state index contributed by atoms with van der Waals surface area (Å²) in [6, 6.07) is 29.0. The molecule has 0 radical (unpaired) electrons. The Hall–Kier alpha value is -2.91. The zero-order valence-electron chi connectivity index (χ0n) is 13.9. The molecule has 0 aliphatic heterocycles. The first kappa shape index (κ1) is 15.6. The molecular formula is C22H20N2O. The van der Waals surface area contributed by atoms with Crippen LogP contribution in [0.2, 0.25) is 0 Å². The first-order valence-corrected chi connectivity index (χ1v) is 8.54. The molecule has 1 N–H and O–H groups in total. The third-order valence-electron chi connectivity index (χ3n) is 4.53. The summed E-state index contributed by atoms with van der Waals surface area (Å²) in [5, 5.41) is 9.60. The van der Waals surface area contributed by atoms with Crippen LogP contribution in [0.5, 0.6) is 0 Å². The third kappa shape index (κ3) is 2.94. The van der Waals surface area contributed by atoms with E-state index in [2.05, 4.69) is 59.2 Å². The van der Waals surface area contributed by atoms with Gasteiger partial charge in [0, 0.05) is 6.54 Å². The summed E-state index contributed by atoms with van der Waals surface area (Å²) in [5.41, 5.74) is 4.41. The van der Waals surface area contributed by atoms with Gasteiger partial charge in [0.25, 0.3) is 0 Å². The highest BCUT2D eigenvalue weighted by Gasteiger charge is 2.23. The third-order valence-corrected chi connectivity index (χ3v) is 4.53. The van der Waals surface area contributed by atoms with Crippen LogP contribution in [0, 0.1) is 0 Å². The summed E-state index contributed by atoms with van der Waals surface area (Å²) in [5.74, 6) is 0.994. The highest BCUT2D eigenvalue weighted by molar-refractivity contribution is 5.76. The number of benzene rings is 3. The highest BCUT2D eigenvalue weighted by atomic mass is 16.3. The molecule has 0 fully saturated rings. The predicted octanol–water partition coefficient (Wildman–Crippen LogP) is 4.21. The van der Waals surface area contributed by atoms with Crippen LogP contribution in [0.25, 0.3) is 11.0 Å². The van der Waals surface area contributed by atoms with Gasteiger partial charge in [-0.3, -0.25) is 0 Å². The van der Waals surface area contributed by atoms with Gasteiger partial charge in [-0.05, 0) is 23.3 Å². The standard InChI is InChI=1S/C22H20N2O/c25-16-15-24-20-14-8-7-13-19(20)23-22(24)21(17-9-3-1-4-10-17)18-11-5-2-6-12-18/h1-14,21,25H,15-16H2. The highest BCUT2D eigenvalue weighted by Crippen LogP contribution is 2.33. The lowest BCUT2D eigenvalue weighted by molar-refractivity contribution is 0.276. The number of imidazole rings is 1. The van der Waals surface area contributed by atoms with Gasteiger partial charge in [0.1, 0.15) is 5.82 Å². The van der Waals surface area contributed by atoms with Gasteiger partial charge >= 0.3 is 0 Å². The van der Waals surface area contributed by atoms with E-state index in [0.717, 1.165) is 16.9 Å². The van der Waals surface area contributed by atoms with Gasteiger partial charge in [0.05, 0.1) is 23.6 Å². The lowest BCUT2D eigenvalue weighted by atomic mass is 9.90. The topological polar surface area (TPSA) is 38.0 Å². The summed E-state index contributed by atoms with van der Waals surface area (Å²) in [6.45, 7) is 0.621. The van der Waals surface area contributed by atoms with Crippen molar-refractivity contribution in [1.29, 1.82) is 0 Å². The molecule has 0 amide bonds. The average molecular weight is 328 g/mol. The molecule has 3 nitrogen and oxygen atoms in total. The van der Waals surface area contributed by atoms with E-state index < -0.39 is 0 Å². The van der Waals surface area contributed by atoms with Crippen molar-refractivity contribution in [2.75, 3.05) is 6.61 Å².